The van der Waals surface area contributed by atoms with Gasteiger partial charge in [-0.3, -0.25) is 5.10 Å². The summed E-state index contributed by atoms with van der Waals surface area (Å²) < 4.78 is 26.9. The molecule has 2 rings (SSSR count). The molecule has 0 aromatic carbocycles. The van der Waals surface area contributed by atoms with Crippen LogP contribution >= 0.6 is 22.9 Å². The third-order valence-corrected chi connectivity index (χ3v) is 5.49. The highest BCUT2D eigenvalue weighted by molar-refractivity contribution is 7.91. The van der Waals surface area contributed by atoms with Crippen LogP contribution in [-0.2, 0) is 16.4 Å². The minimum atomic E-state index is -3.42. The Morgan fingerprint density at radius 1 is 1.44 bits per heavy atom. The van der Waals surface area contributed by atoms with E-state index in [1.807, 2.05) is 0 Å². The predicted octanol–water partition coefficient (Wildman–Crippen LogP) is 2.04. The molecule has 0 saturated heterocycles. The van der Waals surface area contributed by atoms with E-state index in [-0.39, 0.29) is 4.21 Å². The number of rotatable bonds is 6. The van der Waals surface area contributed by atoms with Gasteiger partial charge in [0.2, 0.25) is 10.0 Å². The Labute approximate surface area is 114 Å². The zero-order chi connectivity index (χ0) is 13.0. The molecule has 2 aromatic rings. The third kappa shape index (κ3) is 3.55. The molecule has 8 heteroatoms. The Bertz CT molecular complexity index is 592. The first-order valence-corrected chi connectivity index (χ1v) is 7.98. The van der Waals surface area contributed by atoms with Gasteiger partial charge >= 0.3 is 0 Å². The molecule has 98 valence electrons. The standard InChI is InChI=1S/C10H12ClN3O2S2/c11-9-3-4-10(17-9)18(15,16)14-5-1-2-8-6-12-13-7-8/h3-4,6-7,14H,1-2,5H2,(H,12,13). The average Bonchev–Trinajstić information content (AvgIpc) is 2.95. The van der Waals surface area contributed by atoms with Crippen LogP contribution in [-0.4, -0.2) is 25.2 Å². The molecule has 0 saturated carbocycles. The van der Waals surface area contributed by atoms with Gasteiger partial charge < -0.3 is 0 Å². The molecule has 0 spiro atoms. The maximum Gasteiger partial charge on any atom is 0.250 e. The van der Waals surface area contributed by atoms with Gasteiger partial charge in [0.05, 0.1) is 10.5 Å². The zero-order valence-electron chi connectivity index (χ0n) is 9.39. The summed E-state index contributed by atoms with van der Waals surface area (Å²) in [7, 11) is -3.42. The zero-order valence-corrected chi connectivity index (χ0v) is 11.8. The van der Waals surface area contributed by atoms with Crippen molar-refractivity contribution in [3.05, 3.63) is 34.4 Å². The Kier molecular flexibility index (Phi) is 4.39. The summed E-state index contributed by atoms with van der Waals surface area (Å²) in [5.74, 6) is 0. The third-order valence-electron chi connectivity index (χ3n) is 2.30. The molecular weight excluding hydrogens is 294 g/mol. The smallest absolute Gasteiger partial charge is 0.250 e. The molecule has 0 unspecified atom stereocenters. The first kappa shape index (κ1) is 13.5. The van der Waals surface area contributed by atoms with E-state index in [1.54, 1.807) is 18.5 Å². The van der Waals surface area contributed by atoms with E-state index >= 15 is 0 Å². The summed E-state index contributed by atoms with van der Waals surface area (Å²) in [6.45, 7) is 0.392. The highest BCUT2D eigenvalue weighted by atomic mass is 35.5. The monoisotopic (exact) mass is 305 g/mol. The number of hydrogen-bond acceptors (Lipinski definition) is 4. The molecule has 18 heavy (non-hydrogen) atoms. The lowest BCUT2D eigenvalue weighted by Crippen LogP contribution is -2.24. The van der Waals surface area contributed by atoms with Crippen LogP contribution in [0, 0.1) is 0 Å². The minimum Gasteiger partial charge on any atom is -0.285 e. The molecule has 0 aliphatic heterocycles. The van der Waals surface area contributed by atoms with Crippen LogP contribution in [0.5, 0.6) is 0 Å². The number of hydrogen-bond donors (Lipinski definition) is 2. The second kappa shape index (κ2) is 5.83. The highest BCUT2D eigenvalue weighted by Crippen LogP contribution is 2.25. The van der Waals surface area contributed by atoms with Crippen molar-refractivity contribution in [3.8, 4) is 0 Å². The molecule has 2 N–H and O–H groups in total. The lowest BCUT2D eigenvalue weighted by atomic mass is 10.2. The summed E-state index contributed by atoms with van der Waals surface area (Å²) in [4.78, 5) is 0. The van der Waals surface area contributed by atoms with E-state index in [2.05, 4.69) is 14.9 Å². The normalized spacial score (nSPS) is 11.8. The second-order valence-electron chi connectivity index (χ2n) is 3.67. The fourth-order valence-corrected chi connectivity index (χ4v) is 4.03. The number of sulfonamides is 1. The van der Waals surface area contributed by atoms with Crippen molar-refractivity contribution < 1.29 is 8.42 Å². The predicted molar refractivity (Wildman–Crippen MR) is 71.4 cm³/mol. The number of nitrogens with one attached hydrogen (secondary N) is 2. The van der Waals surface area contributed by atoms with Gasteiger partial charge in [0.1, 0.15) is 4.21 Å². The lowest BCUT2D eigenvalue weighted by Gasteiger charge is -2.03. The van der Waals surface area contributed by atoms with Gasteiger partial charge in [-0.05, 0) is 30.5 Å². The summed E-state index contributed by atoms with van der Waals surface area (Å²) in [5, 5.41) is 6.54. The van der Waals surface area contributed by atoms with E-state index < -0.39 is 10.0 Å². The molecule has 0 fully saturated rings. The fourth-order valence-electron chi connectivity index (χ4n) is 1.43. The Morgan fingerprint density at radius 2 is 2.28 bits per heavy atom. The molecule has 2 aromatic heterocycles. The average molecular weight is 306 g/mol. The molecule has 0 radical (unpaired) electrons. The van der Waals surface area contributed by atoms with Crippen molar-refractivity contribution in [1.29, 1.82) is 0 Å². The number of aryl methyl sites for hydroxylation is 1. The van der Waals surface area contributed by atoms with Crippen molar-refractivity contribution in [3.63, 3.8) is 0 Å². The number of aromatic nitrogens is 2. The van der Waals surface area contributed by atoms with Crippen LogP contribution < -0.4 is 4.72 Å². The highest BCUT2D eigenvalue weighted by Gasteiger charge is 2.15. The van der Waals surface area contributed by atoms with Crippen molar-refractivity contribution in [2.24, 2.45) is 0 Å². The molecule has 0 aliphatic rings. The topological polar surface area (TPSA) is 74.8 Å². The van der Waals surface area contributed by atoms with Gasteiger partial charge in [-0.25, -0.2) is 13.1 Å². The SMILES string of the molecule is O=S(=O)(NCCCc1cn[nH]c1)c1ccc(Cl)s1. The minimum absolute atomic E-state index is 0.246. The van der Waals surface area contributed by atoms with Crippen LogP contribution in [0.4, 0.5) is 0 Å². The lowest BCUT2D eigenvalue weighted by molar-refractivity contribution is 0.581. The summed E-state index contributed by atoms with van der Waals surface area (Å²) >= 11 is 6.76. The Balaban J connectivity index is 1.82. The van der Waals surface area contributed by atoms with Gasteiger partial charge in [0, 0.05) is 12.7 Å². The number of H-pyrrole nitrogens is 1. The maximum atomic E-state index is 11.8. The van der Waals surface area contributed by atoms with Crippen LogP contribution in [0.1, 0.15) is 12.0 Å². The van der Waals surface area contributed by atoms with Gasteiger partial charge in [-0.2, -0.15) is 5.10 Å². The van der Waals surface area contributed by atoms with E-state index in [0.717, 1.165) is 29.7 Å². The Hall–Kier alpha value is -0.890. The van der Waals surface area contributed by atoms with Gasteiger partial charge in [0.25, 0.3) is 0 Å². The number of thiophene rings is 1. The number of halogens is 1. The molecule has 2 heterocycles. The second-order valence-corrected chi connectivity index (χ2v) is 7.38. The van der Waals surface area contributed by atoms with Gasteiger partial charge in [0.15, 0.2) is 0 Å². The molecule has 0 atom stereocenters. The molecule has 0 amide bonds. The quantitative estimate of drug-likeness (QED) is 0.802. The van der Waals surface area contributed by atoms with E-state index in [1.165, 1.54) is 6.07 Å². The Morgan fingerprint density at radius 3 is 2.89 bits per heavy atom. The van der Waals surface area contributed by atoms with Crippen molar-refractivity contribution >= 4 is 33.0 Å². The first-order valence-electron chi connectivity index (χ1n) is 5.30. The fraction of sp³-hybridized carbons (Fsp3) is 0.300. The van der Waals surface area contributed by atoms with Crippen LogP contribution in [0.25, 0.3) is 0 Å². The molecule has 5 nitrogen and oxygen atoms in total. The summed E-state index contributed by atoms with van der Waals surface area (Å²) in [6, 6.07) is 3.08. The molecular formula is C10H12ClN3O2S2. The van der Waals surface area contributed by atoms with Crippen LogP contribution in [0.2, 0.25) is 4.34 Å². The maximum absolute atomic E-state index is 11.8. The summed E-state index contributed by atoms with van der Waals surface area (Å²) in [5.41, 5.74) is 1.06. The number of nitrogens with zero attached hydrogens (tertiary/aromatic N) is 1. The van der Waals surface area contributed by atoms with Crippen molar-refractivity contribution in [2.75, 3.05) is 6.54 Å². The largest absolute Gasteiger partial charge is 0.285 e. The van der Waals surface area contributed by atoms with Crippen molar-refractivity contribution in [1.82, 2.24) is 14.9 Å². The van der Waals surface area contributed by atoms with E-state index in [9.17, 15) is 8.42 Å². The van der Waals surface area contributed by atoms with E-state index in [0.29, 0.717) is 10.9 Å². The molecule has 0 bridgehead atoms. The van der Waals surface area contributed by atoms with Crippen LogP contribution in [0.3, 0.4) is 0 Å². The molecule has 0 aliphatic carbocycles. The van der Waals surface area contributed by atoms with E-state index in [4.69, 9.17) is 11.6 Å². The first-order chi connectivity index (χ1) is 8.58. The van der Waals surface area contributed by atoms with Crippen LogP contribution in [0.15, 0.2) is 28.7 Å². The van der Waals surface area contributed by atoms with Crippen molar-refractivity contribution in [2.45, 2.75) is 17.1 Å². The number of aromatic amines is 1. The van der Waals surface area contributed by atoms with Gasteiger partial charge in [-0.15, -0.1) is 11.3 Å². The van der Waals surface area contributed by atoms with Gasteiger partial charge in [-0.1, -0.05) is 11.6 Å². The summed E-state index contributed by atoms with van der Waals surface area (Å²) in [6.07, 6.45) is 5.03.